The SMILES string of the molecule is CC1(C)OCC(CCCSCc2ccccc2)O1. The molecule has 3 heteroatoms. The summed E-state index contributed by atoms with van der Waals surface area (Å²) in [6.45, 7) is 4.71. The van der Waals surface area contributed by atoms with Crippen LogP contribution < -0.4 is 0 Å². The van der Waals surface area contributed by atoms with Crippen LogP contribution in [0, 0.1) is 0 Å². The van der Waals surface area contributed by atoms with Gasteiger partial charge in [0.05, 0.1) is 12.7 Å². The maximum Gasteiger partial charge on any atom is 0.163 e. The van der Waals surface area contributed by atoms with E-state index in [4.69, 9.17) is 9.47 Å². The normalized spacial score (nSPS) is 22.2. The summed E-state index contributed by atoms with van der Waals surface area (Å²) >= 11 is 1.99. The lowest BCUT2D eigenvalue weighted by Gasteiger charge is -2.16. The quantitative estimate of drug-likeness (QED) is 0.729. The molecule has 1 fully saturated rings. The van der Waals surface area contributed by atoms with Gasteiger partial charge in [0.1, 0.15) is 0 Å². The molecule has 1 saturated heterocycles. The maximum atomic E-state index is 5.78. The van der Waals surface area contributed by atoms with Crippen molar-refractivity contribution in [2.75, 3.05) is 12.4 Å². The molecule has 18 heavy (non-hydrogen) atoms. The number of hydrogen-bond acceptors (Lipinski definition) is 3. The van der Waals surface area contributed by atoms with E-state index in [1.165, 1.54) is 17.7 Å². The third-order valence-electron chi connectivity index (χ3n) is 2.99. The van der Waals surface area contributed by atoms with Crippen LogP contribution in [0.5, 0.6) is 0 Å². The summed E-state index contributed by atoms with van der Waals surface area (Å²) in [5.74, 6) is 1.92. The second-order valence-electron chi connectivity index (χ2n) is 5.13. The first-order chi connectivity index (χ1) is 8.66. The fraction of sp³-hybridized carbons (Fsp3) is 0.600. The van der Waals surface area contributed by atoms with Crippen molar-refractivity contribution in [1.82, 2.24) is 0 Å². The minimum Gasteiger partial charge on any atom is -0.348 e. The Bertz CT molecular complexity index is 351. The van der Waals surface area contributed by atoms with Crippen molar-refractivity contribution in [3.63, 3.8) is 0 Å². The number of ether oxygens (including phenoxy) is 2. The van der Waals surface area contributed by atoms with Gasteiger partial charge >= 0.3 is 0 Å². The first kappa shape index (κ1) is 13.9. The van der Waals surface area contributed by atoms with Gasteiger partial charge in [0.25, 0.3) is 0 Å². The molecule has 2 rings (SSSR count). The van der Waals surface area contributed by atoms with Crippen LogP contribution in [0.3, 0.4) is 0 Å². The van der Waals surface area contributed by atoms with Crippen LogP contribution in [-0.4, -0.2) is 24.3 Å². The summed E-state index contributed by atoms with van der Waals surface area (Å²) in [6.07, 6.45) is 2.59. The first-order valence-electron chi connectivity index (χ1n) is 6.59. The number of hydrogen-bond donors (Lipinski definition) is 0. The molecule has 1 heterocycles. The highest BCUT2D eigenvalue weighted by Crippen LogP contribution is 2.25. The van der Waals surface area contributed by atoms with Crippen LogP contribution in [0.4, 0.5) is 0 Å². The molecule has 0 radical (unpaired) electrons. The average molecular weight is 266 g/mol. The molecule has 1 unspecified atom stereocenters. The predicted molar refractivity (Wildman–Crippen MR) is 76.7 cm³/mol. The Labute approximate surface area is 114 Å². The van der Waals surface area contributed by atoms with Gasteiger partial charge in [-0.15, -0.1) is 0 Å². The first-order valence-corrected chi connectivity index (χ1v) is 7.75. The van der Waals surface area contributed by atoms with E-state index in [0.717, 1.165) is 18.8 Å². The van der Waals surface area contributed by atoms with Crippen molar-refractivity contribution in [3.05, 3.63) is 35.9 Å². The van der Waals surface area contributed by atoms with Crippen LogP contribution in [0.2, 0.25) is 0 Å². The zero-order valence-corrected chi connectivity index (χ0v) is 12.0. The van der Waals surface area contributed by atoms with Gasteiger partial charge in [-0.25, -0.2) is 0 Å². The van der Waals surface area contributed by atoms with Crippen molar-refractivity contribution >= 4 is 11.8 Å². The monoisotopic (exact) mass is 266 g/mol. The van der Waals surface area contributed by atoms with Gasteiger partial charge in [0.15, 0.2) is 5.79 Å². The van der Waals surface area contributed by atoms with Crippen molar-refractivity contribution in [2.24, 2.45) is 0 Å². The Balaban J connectivity index is 1.54. The molecule has 100 valence electrons. The lowest BCUT2D eigenvalue weighted by molar-refractivity contribution is -0.138. The molecule has 0 bridgehead atoms. The predicted octanol–water partition coefficient (Wildman–Crippen LogP) is 3.85. The molecule has 1 atom stereocenters. The average Bonchev–Trinajstić information content (AvgIpc) is 2.70. The van der Waals surface area contributed by atoms with E-state index in [1.807, 2.05) is 25.6 Å². The molecule has 1 aromatic rings. The summed E-state index contributed by atoms with van der Waals surface area (Å²) in [6, 6.07) is 10.6. The summed E-state index contributed by atoms with van der Waals surface area (Å²) in [5.41, 5.74) is 1.41. The lowest BCUT2D eigenvalue weighted by Crippen LogP contribution is -2.21. The Morgan fingerprint density at radius 3 is 2.72 bits per heavy atom. The highest BCUT2D eigenvalue weighted by Gasteiger charge is 2.31. The van der Waals surface area contributed by atoms with Crippen molar-refractivity contribution in [3.8, 4) is 0 Å². The molecule has 2 nitrogen and oxygen atoms in total. The molecule has 0 N–H and O–H groups in total. The molecule has 0 saturated carbocycles. The van der Waals surface area contributed by atoms with Gasteiger partial charge in [0, 0.05) is 5.75 Å². The van der Waals surface area contributed by atoms with E-state index in [-0.39, 0.29) is 11.9 Å². The summed E-state index contributed by atoms with van der Waals surface area (Å²) in [7, 11) is 0. The molecule has 0 amide bonds. The van der Waals surface area contributed by atoms with Gasteiger partial charge < -0.3 is 9.47 Å². The minimum atomic E-state index is -0.373. The van der Waals surface area contributed by atoms with E-state index >= 15 is 0 Å². The third kappa shape index (κ3) is 4.63. The number of benzene rings is 1. The van der Waals surface area contributed by atoms with E-state index < -0.39 is 0 Å². The van der Waals surface area contributed by atoms with E-state index in [9.17, 15) is 0 Å². The van der Waals surface area contributed by atoms with Crippen LogP contribution >= 0.6 is 11.8 Å². The molecule has 1 aliphatic rings. The largest absolute Gasteiger partial charge is 0.348 e. The molecule has 1 aliphatic heterocycles. The smallest absolute Gasteiger partial charge is 0.163 e. The van der Waals surface area contributed by atoms with Crippen LogP contribution in [0.15, 0.2) is 30.3 Å². The van der Waals surface area contributed by atoms with Gasteiger partial charge in [-0.05, 0) is 38.0 Å². The second-order valence-corrected chi connectivity index (χ2v) is 6.24. The number of rotatable bonds is 6. The molecule has 0 aliphatic carbocycles. The molecular formula is C15H22O2S. The van der Waals surface area contributed by atoms with Crippen LogP contribution in [0.25, 0.3) is 0 Å². The van der Waals surface area contributed by atoms with Crippen molar-refractivity contribution in [1.29, 1.82) is 0 Å². The zero-order chi connectivity index (χ0) is 12.8. The second kappa shape index (κ2) is 6.60. The highest BCUT2D eigenvalue weighted by atomic mass is 32.2. The highest BCUT2D eigenvalue weighted by molar-refractivity contribution is 7.98. The Morgan fingerprint density at radius 2 is 2.06 bits per heavy atom. The number of thioether (sulfide) groups is 1. The molecular weight excluding hydrogens is 244 g/mol. The van der Waals surface area contributed by atoms with E-state index in [2.05, 4.69) is 30.3 Å². The topological polar surface area (TPSA) is 18.5 Å². The lowest BCUT2D eigenvalue weighted by atomic mass is 10.2. The summed E-state index contributed by atoms with van der Waals surface area (Å²) in [4.78, 5) is 0. The summed E-state index contributed by atoms with van der Waals surface area (Å²) in [5, 5.41) is 0. The van der Waals surface area contributed by atoms with Gasteiger partial charge in [0.2, 0.25) is 0 Å². The standard InChI is InChI=1S/C15H22O2S/c1-15(2)16-11-14(17-15)9-6-10-18-12-13-7-4-3-5-8-13/h3-5,7-8,14H,6,9-12H2,1-2H3. The van der Waals surface area contributed by atoms with Gasteiger partial charge in [-0.1, -0.05) is 30.3 Å². The van der Waals surface area contributed by atoms with Gasteiger partial charge in [-0.3, -0.25) is 0 Å². The zero-order valence-electron chi connectivity index (χ0n) is 11.2. The molecule has 0 aromatic heterocycles. The minimum absolute atomic E-state index is 0.289. The maximum absolute atomic E-state index is 5.78. The third-order valence-corrected chi connectivity index (χ3v) is 4.11. The van der Waals surface area contributed by atoms with Crippen LogP contribution in [-0.2, 0) is 15.2 Å². The molecule has 1 aromatic carbocycles. The fourth-order valence-electron chi connectivity index (χ4n) is 2.08. The van der Waals surface area contributed by atoms with E-state index in [0.29, 0.717) is 0 Å². The Hall–Kier alpha value is -0.510. The summed E-state index contributed by atoms with van der Waals surface area (Å²) < 4.78 is 11.3. The Kier molecular flexibility index (Phi) is 5.10. The van der Waals surface area contributed by atoms with Gasteiger partial charge in [-0.2, -0.15) is 11.8 Å². The fourth-order valence-corrected chi connectivity index (χ4v) is 3.03. The van der Waals surface area contributed by atoms with E-state index in [1.54, 1.807) is 0 Å². The van der Waals surface area contributed by atoms with Crippen molar-refractivity contribution in [2.45, 2.75) is 44.3 Å². The Morgan fingerprint density at radius 1 is 1.28 bits per heavy atom. The van der Waals surface area contributed by atoms with Crippen LogP contribution in [0.1, 0.15) is 32.3 Å². The molecule has 0 spiro atoms. The van der Waals surface area contributed by atoms with Crippen molar-refractivity contribution < 1.29 is 9.47 Å².